The predicted octanol–water partition coefficient (Wildman–Crippen LogP) is 4.45. The van der Waals surface area contributed by atoms with Crippen molar-refractivity contribution in [3.8, 4) is 11.8 Å². The molecule has 0 saturated carbocycles. The zero-order chi connectivity index (χ0) is 14.5. The Morgan fingerprint density at radius 2 is 1.75 bits per heavy atom. The van der Waals surface area contributed by atoms with Gasteiger partial charge in [0.15, 0.2) is 0 Å². The number of hydrogen-bond donors (Lipinski definition) is 1. The highest BCUT2D eigenvalue weighted by Gasteiger charge is 2.08. The topological polar surface area (TPSA) is 59.9 Å². The Kier molecular flexibility index (Phi) is 5.23. The summed E-state index contributed by atoms with van der Waals surface area (Å²) in [5, 5.41) is 3.96. The third kappa shape index (κ3) is 4.37. The van der Waals surface area contributed by atoms with Crippen LogP contribution in [0.4, 0.5) is 5.95 Å². The van der Waals surface area contributed by atoms with Gasteiger partial charge in [0.05, 0.1) is 0 Å². The monoisotopic (exact) mass is 332 g/mol. The number of benzene rings is 1. The van der Waals surface area contributed by atoms with Gasteiger partial charge in [0.1, 0.15) is 5.75 Å². The highest BCUT2D eigenvalue weighted by Crippen LogP contribution is 2.27. The van der Waals surface area contributed by atoms with E-state index in [2.05, 4.69) is 20.3 Å². The maximum atomic E-state index is 5.89. The van der Waals surface area contributed by atoms with E-state index in [0.717, 1.165) is 13.0 Å². The summed E-state index contributed by atoms with van der Waals surface area (Å²) in [7, 11) is 0. The fourth-order valence-electron chi connectivity index (χ4n) is 1.39. The lowest BCUT2D eigenvalue weighted by Crippen LogP contribution is -2.06. The number of ether oxygens (including phenoxy) is 1. The summed E-state index contributed by atoms with van der Waals surface area (Å²) in [5.74, 6) is 0.779. The highest BCUT2D eigenvalue weighted by molar-refractivity contribution is 6.34. The summed E-state index contributed by atoms with van der Waals surface area (Å²) in [6.07, 6.45) is 0.934. The molecule has 0 aliphatic carbocycles. The molecule has 0 amide bonds. The van der Waals surface area contributed by atoms with Gasteiger partial charge in [-0.05, 0) is 36.2 Å². The largest absolute Gasteiger partial charge is 0.424 e. The van der Waals surface area contributed by atoms with E-state index in [1.54, 1.807) is 18.2 Å². The van der Waals surface area contributed by atoms with Gasteiger partial charge in [0, 0.05) is 16.6 Å². The molecule has 0 atom stereocenters. The van der Waals surface area contributed by atoms with Gasteiger partial charge in [-0.3, -0.25) is 0 Å². The molecular weight excluding hydrogens is 323 g/mol. The van der Waals surface area contributed by atoms with Crippen LogP contribution in [0.2, 0.25) is 15.3 Å². The first kappa shape index (κ1) is 15.1. The molecule has 0 aliphatic rings. The zero-order valence-corrected chi connectivity index (χ0v) is 12.8. The van der Waals surface area contributed by atoms with E-state index in [0.29, 0.717) is 21.7 Å². The smallest absolute Gasteiger partial charge is 0.328 e. The molecule has 0 bridgehead atoms. The van der Waals surface area contributed by atoms with E-state index in [1.807, 2.05) is 6.92 Å². The average molecular weight is 334 g/mol. The van der Waals surface area contributed by atoms with Crippen LogP contribution in [0.3, 0.4) is 0 Å². The fourth-order valence-corrected chi connectivity index (χ4v) is 2.04. The minimum Gasteiger partial charge on any atom is -0.424 e. The number of nitrogens with one attached hydrogen (secondary N) is 1. The van der Waals surface area contributed by atoms with Crippen LogP contribution in [-0.2, 0) is 0 Å². The van der Waals surface area contributed by atoms with Crippen LogP contribution in [0, 0.1) is 0 Å². The first-order valence-electron chi connectivity index (χ1n) is 5.86. The summed E-state index contributed by atoms with van der Waals surface area (Å²) in [6, 6.07) is 4.88. The van der Waals surface area contributed by atoms with Gasteiger partial charge in [-0.25, -0.2) is 0 Å². The molecule has 1 aromatic heterocycles. The highest BCUT2D eigenvalue weighted by atomic mass is 35.5. The quantitative estimate of drug-likeness (QED) is 0.876. The van der Waals surface area contributed by atoms with Gasteiger partial charge in [-0.15, -0.1) is 0 Å². The summed E-state index contributed by atoms with van der Waals surface area (Å²) in [6.45, 7) is 2.75. The number of anilines is 1. The van der Waals surface area contributed by atoms with Crippen LogP contribution in [-0.4, -0.2) is 21.5 Å². The Balaban J connectivity index is 2.21. The fraction of sp³-hybridized carbons (Fsp3) is 0.250. The second-order valence-corrected chi connectivity index (χ2v) is 5.06. The maximum absolute atomic E-state index is 5.89. The van der Waals surface area contributed by atoms with Gasteiger partial charge >= 0.3 is 6.01 Å². The standard InChI is InChI=1S/C12H11Cl3N4O/c1-2-3-16-11-17-10(15)18-12(19-11)20-9-5-7(13)4-8(14)6-9/h4-6H,2-3H2,1H3,(H,16,17,18,19). The van der Waals surface area contributed by atoms with E-state index in [1.165, 1.54) is 0 Å². The molecular formula is C12H11Cl3N4O. The minimum atomic E-state index is 0.0433. The van der Waals surface area contributed by atoms with Crippen LogP contribution in [0.25, 0.3) is 0 Å². The second-order valence-electron chi connectivity index (χ2n) is 3.84. The third-order valence-electron chi connectivity index (χ3n) is 2.17. The van der Waals surface area contributed by atoms with E-state index in [-0.39, 0.29) is 11.3 Å². The molecule has 0 aliphatic heterocycles. The van der Waals surface area contributed by atoms with E-state index < -0.39 is 0 Å². The van der Waals surface area contributed by atoms with Crippen LogP contribution in [0.5, 0.6) is 11.8 Å². The molecule has 1 aromatic carbocycles. The lowest BCUT2D eigenvalue weighted by atomic mass is 10.3. The lowest BCUT2D eigenvalue weighted by molar-refractivity contribution is 0.440. The normalized spacial score (nSPS) is 10.4. The molecule has 1 N–H and O–H groups in total. The average Bonchev–Trinajstić information content (AvgIpc) is 2.34. The van der Waals surface area contributed by atoms with Crippen molar-refractivity contribution < 1.29 is 4.74 Å². The van der Waals surface area contributed by atoms with Crippen molar-refractivity contribution in [1.82, 2.24) is 15.0 Å². The molecule has 8 heteroatoms. The van der Waals surface area contributed by atoms with Crippen molar-refractivity contribution in [1.29, 1.82) is 0 Å². The van der Waals surface area contributed by atoms with Crippen molar-refractivity contribution in [3.05, 3.63) is 33.5 Å². The number of halogens is 3. The second kappa shape index (κ2) is 6.92. The Morgan fingerprint density at radius 3 is 2.40 bits per heavy atom. The molecule has 0 saturated heterocycles. The SMILES string of the molecule is CCCNc1nc(Cl)nc(Oc2cc(Cl)cc(Cl)c2)n1. The molecule has 0 unspecified atom stereocenters. The summed E-state index contributed by atoms with van der Waals surface area (Å²) >= 11 is 17.6. The van der Waals surface area contributed by atoms with E-state index >= 15 is 0 Å². The van der Waals surface area contributed by atoms with Gasteiger partial charge in [-0.1, -0.05) is 30.1 Å². The third-order valence-corrected chi connectivity index (χ3v) is 2.77. The van der Waals surface area contributed by atoms with E-state index in [9.17, 15) is 0 Å². The maximum Gasteiger partial charge on any atom is 0.328 e. The van der Waals surface area contributed by atoms with Gasteiger partial charge < -0.3 is 10.1 Å². The van der Waals surface area contributed by atoms with Crippen LogP contribution < -0.4 is 10.1 Å². The summed E-state index contributed by atoms with van der Waals surface area (Å²) in [4.78, 5) is 11.9. The van der Waals surface area contributed by atoms with Crippen molar-refractivity contribution in [3.63, 3.8) is 0 Å². The van der Waals surface area contributed by atoms with Crippen molar-refractivity contribution >= 4 is 40.8 Å². The summed E-state index contributed by atoms with van der Waals surface area (Å²) in [5.41, 5.74) is 0. The Labute approximate surface area is 131 Å². The van der Waals surface area contributed by atoms with Crippen LogP contribution in [0.1, 0.15) is 13.3 Å². The first-order valence-corrected chi connectivity index (χ1v) is 6.99. The molecule has 0 fully saturated rings. The molecule has 0 radical (unpaired) electrons. The molecule has 2 rings (SSSR count). The van der Waals surface area contributed by atoms with Crippen LogP contribution >= 0.6 is 34.8 Å². The first-order chi connectivity index (χ1) is 9.56. The minimum absolute atomic E-state index is 0.0433. The van der Waals surface area contributed by atoms with Crippen LogP contribution in [0.15, 0.2) is 18.2 Å². The molecule has 106 valence electrons. The molecule has 5 nitrogen and oxygen atoms in total. The van der Waals surface area contributed by atoms with Gasteiger partial charge in [0.25, 0.3) is 0 Å². The number of hydrogen-bond acceptors (Lipinski definition) is 5. The lowest BCUT2D eigenvalue weighted by Gasteiger charge is -2.07. The molecule has 2 aromatic rings. The Morgan fingerprint density at radius 1 is 1.05 bits per heavy atom. The molecule has 20 heavy (non-hydrogen) atoms. The molecule has 0 spiro atoms. The number of rotatable bonds is 5. The summed E-state index contributed by atoms with van der Waals surface area (Å²) < 4.78 is 5.49. The molecule has 1 heterocycles. The van der Waals surface area contributed by atoms with Crippen molar-refractivity contribution in [2.45, 2.75) is 13.3 Å². The van der Waals surface area contributed by atoms with Crippen molar-refractivity contribution in [2.24, 2.45) is 0 Å². The van der Waals surface area contributed by atoms with Gasteiger partial charge in [-0.2, -0.15) is 15.0 Å². The number of aromatic nitrogens is 3. The Bertz CT molecular complexity index is 589. The predicted molar refractivity (Wildman–Crippen MR) is 80.2 cm³/mol. The zero-order valence-electron chi connectivity index (χ0n) is 10.5. The van der Waals surface area contributed by atoms with E-state index in [4.69, 9.17) is 39.5 Å². The van der Waals surface area contributed by atoms with Gasteiger partial charge in [0.2, 0.25) is 11.2 Å². The van der Waals surface area contributed by atoms with Crippen molar-refractivity contribution in [2.75, 3.05) is 11.9 Å². The Hall–Kier alpha value is -1.30. The number of nitrogens with zero attached hydrogens (tertiary/aromatic N) is 3.